The van der Waals surface area contributed by atoms with Crippen LogP contribution in [0.5, 0.6) is 5.75 Å². The highest BCUT2D eigenvalue weighted by molar-refractivity contribution is 5.82. The van der Waals surface area contributed by atoms with Gasteiger partial charge in [-0.1, -0.05) is 30.3 Å². The van der Waals surface area contributed by atoms with Crippen LogP contribution in [0.4, 0.5) is 35.5 Å². The lowest BCUT2D eigenvalue weighted by atomic mass is 9.85. The Balaban J connectivity index is 1.47. The van der Waals surface area contributed by atoms with Crippen LogP contribution in [-0.4, -0.2) is 56.7 Å². The number of pyridine rings is 1. The van der Waals surface area contributed by atoms with Crippen molar-refractivity contribution in [3.8, 4) is 34.0 Å². The highest BCUT2D eigenvalue weighted by Gasteiger charge is 2.41. The van der Waals surface area contributed by atoms with Crippen LogP contribution >= 0.6 is 0 Å². The molecular formula is C30H25F7N4O3. The van der Waals surface area contributed by atoms with Crippen LogP contribution < -0.4 is 4.74 Å². The highest BCUT2D eigenvalue weighted by Crippen LogP contribution is 2.39. The summed E-state index contributed by atoms with van der Waals surface area (Å²) < 4.78 is 99.1. The van der Waals surface area contributed by atoms with Gasteiger partial charge in [-0.25, -0.2) is 18.9 Å². The number of ether oxygens (including phenoxy) is 1. The second-order valence-electron chi connectivity index (χ2n) is 10.4. The van der Waals surface area contributed by atoms with Gasteiger partial charge in [0, 0.05) is 5.56 Å². The molecule has 44 heavy (non-hydrogen) atoms. The van der Waals surface area contributed by atoms with E-state index in [1.807, 2.05) is 25.1 Å². The molecule has 0 radical (unpaired) electrons. The first-order chi connectivity index (χ1) is 20.7. The molecule has 1 aliphatic rings. The number of piperidine rings is 1. The Morgan fingerprint density at radius 2 is 1.73 bits per heavy atom. The summed E-state index contributed by atoms with van der Waals surface area (Å²) in [6, 6.07) is 13.7. The fourth-order valence-electron chi connectivity index (χ4n) is 5.56. The number of alkyl halides is 6. The van der Waals surface area contributed by atoms with Gasteiger partial charge in [-0.3, -0.25) is 4.90 Å². The fraction of sp³-hybridized carbons (Fsp3) is 0.300. The maximum Gasteiger partial charge on any atom is 0.511 e. The van der Waals surface area contributed by atoms with E-state index in [2.05, 4.69) is 14.8 Å². The first-order valence-electron chi connectivity index (χ1n) is 13.4. The summed E-state index contributed by atoms with van der Waals surface area (Å²) in [5, 5.41) is 12.5. The lowest BCUT2D eigenvalue weighted by Crippen LogP contribution is -2.39. The largest absolute Gasteiger partial charge is 0.511 e. The Kier molecular flexibility index (Phi) is 8.38. The van der Waals surface area contributed by atoms with E-state index in [0.29, 0.717) is 47.9 Å². The summed E-state index contributed by atoms with van der Waals surface area (Å²) in [6.07, 6.45) is -9.49. The smallest absolute Gasteiger partial charge is 0.449 e. The van der Waals surface area contributed by atoms with Crippen LogP contribution in [-0.2, 0) is 6.18 Å². The van der Waals surface area contributed by atoms with E-state index in [4.69, 9.17) is 5.11 Å². The molecule has 2 aromatic heterocycles. The summed E-state index contributed by atoms with van der Waals surface area (Å²) in [5.41, 5.74) is 2.03. The summed E-state index contributed by atoms with van der Waals surface area (Å²) in [7, 11) is 0. The Labute approximate surface area is 246 Å². The Bertz CT molecular complexity index is 1680. The quantitative estimate of drug-likeness (QED) is 0.174. The minimum absolute atomic E-state index is 0.0754. The summed E-state index contributed by atoms with van der Waals surface area (Å²) in [4.78, 5) is 16.6. The number of carbonyl (C=O) groups is 1. The van der Waals surface area contributed by atoms with Crippen molar-refractivity contribution in [3.63, 3.8) is 0 Å². The van der Waals surface area contributed by atoms with Crippen molar-refractivity contribution in [1.82, 2.24) is 19.7 Å². The number of likely N-dealkylation sites (tertiary alicyclic amines) is 1. The van der Waals surface area contributed by atoms with Crippen LogP contribution in [0.15, 0.2) is 60.8 Å². The average Bonchev–Trinajstić information content (AvgIpc) is 3.36. The zero-order valence-electron chi connectivity index (χ0n) is 23.1. The van der Waals surface area contributed by atoms with E-state index in [1.54, 1.807) is 0 Å². The normalized spacial score (nSPS) is 15.0. The Hall–Kier alpha value is -4.46. The van der Waals surface area contributed by atoms with Crippen LogP contribution in [0, 0.1) is 12.7 Å². The molecule has 0 saturated carbocycles. The predicted molar refractivity (Wildman–Crippen MR) is 145 cm³/mol. The number of halogens is 7. The van der Waals surface area contributed by atoms with Gasteiger partial charge in [-0.2, -0.15) is 31.4 Å². The van der Waals surface area contributed by atoms with Crippen LogP contribution in [0.1, 0.15) is 35.6 Å². The van der Waals surface area contributed by atoms with E-state index in [-0.39, 0.29) is 23.0 Å². The molecule has 4 aromatic rings. The van der Waals surface area contributed by atoms with Gasteiger partial charge < -0.3 is 9.84 Å². The van der Waals surface area contributed by atoms with Gasteiger partial charge in [0.15, 0.2) is 17.3 Å². The van der Waals surface area contributed by atoms with Crippen molar-refractivity contribution < 1.29 is 45.4 Å². The van der Waals surface area contributed by atoms with Crippen molar-refractivity contribution in [2.24, 2.45) is 0 Å². The minimum atomic E-state index is -5.04. The van der Waals surface area contributed by atoms with Gasteiger partial charge in [0.05, 0.1) is 18.4 Å². The van der Waals surface area contributed by atoms with E-state index in [0.717, 1.165) is 11.1 Å². The van der Waals surface area contributed by atoms with Crippen LogP contribution in [0.3, 0.4) is 0 Å². The molecule has 1 N–H and O–H groups in total. The minimum Gasteiger partial charge on any atom is -0.449 e. The van der Waals surface area contributed by atoms with Gasteiger partial charge in [-0.05, 0) is 85.3 Å². The number of aromatic nitrogens is 3. The van der Waals surface area contributed by atoms with E-state index >= 15 is 0 Å². The molecule has 1 fully saturated rings. The summed E-state index contributed by atoms with van der Waals surface area (Å²) in [5.74, 6) is -1.87. The third-order valence-electron chi connectivity index (χ3n) is 7.42. The molecule has 1 aliphatic heterocycles. The van der Waals surface area contributed by atoms with Crippen molar-refractivity contribution >= 4 is 6.16 Å². The Morgan fingerprint density at radius 1 is 1.00 bits per heavy atom. The topological polar surface area (TPSA) is 80.5 Å². The lowest BCUT2D eigenvalue weighted by molar-refractivity contribution is -0.148. The second-order valence-corrected chi connectivity index (χ2v) is 10.4. The third-order valence-corrected chi connectivity index (χ3v) is 7.42. The van der Waals surface area contributed by atoms with E-state index < -0.39 is 42.3 Å². The molecule has 0 spiro atoms. The molecule has 2 aromatic carbocycles. The number of hydrogen-bond donors (Lipinski definition) is 1. The number of hydrogen-bond acceptors (Lipinski definition) is 5. The van der Waals surface area contributed by atoms with Crippen molar-refractivity contribution in [2.75, 3.05) is 19.6 Å². The van der Waals surface area contributed by atoms with Crippen molar-refractivity contribution in [2.45, 2.75) is 38.0 Å². The lowest BCUT2D eigenvalue weighted by Gasteiger charge is -2.33. The molecule has 0 unspecified atom stereocenters. The van der Waals surface area contributed by atoms with Gasteiger partial charge in [0.1, 0.15) is 5.82 Å². The van der Waals surface area contributed by atoms with Crippen molar-refractivity contribution in [1.29, 1.82) is 0 Å². The number of nitrogens with zero attached hydrogens (tertiary/aromatic N) is 4. The van der Waals surface area contributed by atoms with Crippen LogP contribution in [0.25, 0.3) is 28.2 Å². The molecule has 0 amide bonds. The number of carboxylic acid groups (broad SMARTS) is 1. The van der Waals surface area contributed by atoms with Gasteiger partial charge >= 0.3 is 18.5 Å². The maximum absolute atomic E-state index is 14.5. The average molecular weight is 623 g/mol. The zero-order chi connectivity index (χ0) is 31.8. The molecular weight excluding hydrogens is 597 g/mol. The fourth-order valence-corrected chi connectivity index (χ4v) is 5.56. The molecule has 0 aliphatic carbocycles. The zero-order valence-corrected chi connectivity index (χ0v) is 23.1. The highest BCUT2D eigenvalue weighted by atomic mass is 19.4. The first kappa shape index (κ1) is 31.0. The summed E-state index contributed by atoms with van der Waals surface area (Å²) >= 11 is 0. The number of rotatable bonds is 6. The molecule has 0 atom stereocenters. The molecule has 3 heterocycles. The monoisotopic (exact) mass is 622 g/mol. The van der Waals surface area contributed by atoms with Crippen LogP contribution in [0.2, 0.25) is 0 Å². The second kappa shape index (κ2) is 11.9. The van der Waals surface area contributed by atoms with Crippen molar-refractivity contribution in [3.05, 3.63) is 83.4 Å². The molecule has 5 rings (SSSR count). The Morgan fingerprint density at radius 3 is 2.36 bits per heavy atom. The number of benzene rings is 2. The molecule has 1 saturated heterocycles. The van der Waals surface area contributed by atoms with Gasteiger partial charge in [-0.15, -0.1) is 0 Å². The summed E-state index contributed by atoms with van der Waals surface area (Å²) in [6.45, 7) is 1.60. The third kappa shape index (κ3) is 6.85. The maximum atomic E-state index is 14.5. The molecule has 7 nitrogen and oxygen atoms in total. The standard InChI is InChI=1S/C30H25F7N4O3/c1-17-13-19(5-7-21(17)18-9-11-40(12-10-18)16-29(32,33)34)22-8-6-20(31)14-23(22)24-3-2-4-26(39-24)41-27(30(35,36)37)25(15-38-41)44-28(42)43/h2-8,13-15,18H,9-12,16H2,1H3,(H,42,43). The van der Waals surface area contributed by atoms with E-state index in [1.165, 1.54) is 41.3 Å². The number of aryl methyl sites for hydroxylation is 1. The molecule has 14 heteroatoms. The van der Waals surface area contributed by atoms with Gasteiger partial charge in [0.25, 0.3) is 0 Å². The van der Waals surface area contributed by atoms with Gasteiger partial charge in [0.2, 0.25) is 0 Å². The molecule has 0 bridgehead atoms. The van der Waals surface area contributed by atoms with E-state index in [9.17, 15) is 35.5 Å². The SMILES string of the molecule is Cc1cc(-c2ccc(F)cc2-c2cccc(-n3ncc(OC(=O)O)c3C(F)(F)F)n2)ccc1C1CCN(CC(F)(F)F)CC1. The predicted octanol–water partition coefficient (Wildman–Crippen LogP) is 7.87. The first-order valence-corrected chi connectivity index (χ1v) is 13.4. The molecule has 232 valence electrons.